The number of benzene rings is 1. The normalized spacial score (nSPS) is 25.0. The number of nitrogens with two attached hydrogens (primary N) is 2. The molecule has 4 heterocycles. The van der Waals surface area contributed by atoms with E-state index in [2.05, 4.69) is 15.1 Å². The van der Waals surface area contributed by atoms with Crippen molar-refractivity contribution in [1.29, 1.82) is 5.26 Å². The number of fused-ring (bicyclic) bond motifs is 2. The molecule has 0 amide bonds. The van der Waals surface area contributed by atoms with Crippen molar-refractivity contribution in [3.05, 3.63) is 60.2 Å². The highest BCUT2D eigenvalue weighted by Gasteiger charge is 2.57. The molecule has 1 aliphatic rings. The fourth-order valence-corrected chi connectivity index (χ4v) is 4.44. The Bertz CT molecular complexity index is 1440. The quantitative estimate of drug-likeness (QED) is 0.231. The van der Waals surface area contributed by atoms with Crippen LogP contribution < -0.4 is 11.5 Å². The maximum absolute atomic E-state index is 12.6. The minimum atomic E-state index is -1.98. The summed E-state index contributed by atoms with van der Waals surface area (Å²) in [5, 5.41) is 36.4. The van der Waals surface area contributed by atoms with Crippen LogP contribution in [-0.2, 0) is 26.3 Å². The molecule has 0 radical (unpaired) electrons. The average molecular weight is 477 g/mol. The van der Waals surface area contributed by atoms with Gasteiger partial charge in [-0.1, -0.05) is 18.2 Å². The third-order valence-electron chi connectivity index (χ3n) is 6.29. The molecule has 0 unspecified atom stereocenters. The van der Waals surface area contributed by atoms with Gasteiger partial charge in [-0.25, -0.2) is 9.50 Å². The van der Waals surface area contributed by atoms with Crippen molar-refractivity contribution in [2.75, 3.05) is 12.3 Å². The van der Waals surface area contributed by atoms with Gasteiger partial charge in [0.25, 0.3) is 0 Å². The van der Waals surface area contributed by atoms with Crippen molar-refractivity contribution in [3.63, 3.8) is 0 Å². The number of aromatic nitrogens is 4. The number of aliphatic hydroxyl groups excluding tert-OH is 2. The van der Waals surface area contributed by atoms with Crippen molar-refractivity contribution < 1.29 is 24.5 Å². The van der Waals surface area contributed by atoms with Gasteiger partial charge in [0.1, 0.15) is 48.9 Å². The number of H-pyrrole nitrogens is 1. The Morgan fingerprint density at radius 2 is 2.14 bits per heavy atom. The zero-order valence-electron chi connectivity index (χ0n) is 18.4. The number of nitrogens with one attached hydrogen (secondary N) is 1. The second-order valence-corrected chi connectivity index (χ2v) is 8.40. The maximum Gasteiger partial charge on any atom is 0.323 e. The third-order valence-corrected chi connectivity index (χ3v) is 6.29. The number of para-hydroxylation sites is 1. The zero-order valence-corrected chi connectivity index (χ0v) is 18.4. The van der Waals surface area contributed by atoms with Crippen LogP contribution in [0.25, 0.3) is 16.4 Å². The predicted octanol–water partition coefficient (Wildman–Crippen LogP) is -0.255. The van der Waals surface area contributed by atoms with Crippen LogP contribution in [0.15, 0.2) is 48.9 Å². The lowest BCUT2D eigenvalue weighted by Crippen LogP contribution is -2.41. The number of nitrogen functional groups attached to an aromatic ring is 1. The van der Waals surface area contributed by atoms with E-state index in [9.17, 15) is 20.3 Å². The molecule has 1 saturated heterocycles. The summed E-state index contributed by atoms with van der Waals surface area (Å²) in [4.78, 5) is 19.6. The summed E-state index contributed by atoms with van der Waals surface area (Å²) < 4.78 is 12.4. The molecule has 0 spiro atoms. The standard InChI is InChI=1S/C23H23N7O5/c24-10-23(18-6-5-16-21(26)28-11-29-30(16)18)20(32)19(31)17(35-23)9-34-22(33)14(25)7-12-8-27-15-4-2-1-3-13(12)15/h1-6,8,11,14,17,19-20,27,31-32H,7,9,25H2,(H2,26,28,29)/t14-,17+,19+,20+,23-/m0/s1. The lowest BCUT2D eigenvalue weighted by molar-refractivity contribution is -0.152. The summed E-state index contributed by atoms with van der Waals surface area (Å²) in [6.07, 6.45) is -1.12. The summed E-state index contributed by atoms with van der Waals surface area (Å²) >= 11 is 0. The number of nitrogens with zero attached hydrogens (tertiary/aromatic N) is 4. The first kappa shape index (κ1) is 22.8. The lowest BCUT2D eigenvalue weighted by atomic mass is 9.92. The number of aromatic amines is 1. The smallest absolute Gasteiger partial charge is 0.323 e. The Morgan fingerprint density at radius 3 is 2.94 bits per heavy atom. The number of rotatable bonds is 6. The van der Waals surface area contributed by atoms with Gasteiger partial charge in [0, 0.05) is 23.5 Å². The van der Waals surface area contributed by atoms with Crippen LogP contribution in [0.1, 0.15) is 11.3 Å². The molecule has 5 atom stereocenters. The van der Waals surface area contributed by atoms with E-state index < -0.39 is 42.5 Å². The zero-order chi connectivity index (χ0) is 24.7. The maximum atomic E-state index is 12.6. The van der Waals surface area contributed by atoms with Gasteiger partial charge in [-0.3, -0.25) is 4.79 Å². The number of hydrogen-bond donors (Lipinski definition) is 5. The van der Waals surface area contributed by atoms with Crippen molar-refractivity contribution in [2.24, 2.45) is 5.73 Å². The molecular weight excluding hydrogens is 454 g/mol. The van der Waals surface area contributed by atoms with E-state index in [1.165, 1.54) is 16.9 Å². The van der Waals surface area contributed by atoms with Crippen LogP contribution in [0, 0.1) is 11.3 Å². The molecule has 0 aliphatic carbocycles. The first-order valence-electron chi connectivity index (χ1n) is 10.9. The van der Waals surface area contributed by atoms with Gasteiger partial charge in [0.05, 0.1) is 5.69 Å². The summed E-state index contributed by atoms with van der Waals surface area (Å²) in [5.74, 6) is -0.536. The summed E-state index contributed by atoms with van der Waals surface area (Å²) in [5.41, 5.74) is 12.3. The molecule has 0 saturated carbocycles. The van der Waals surface area contributed by atoms with Gasteiger partial charge in [-0.2, -0.15) is 10.4 Å². The van der Waals surface area contributed by atoms with Crippen molar-refractivity contribution in [2.45, 2.75) is 36.4 Å². The van der Waals surface area contributed by atoms with E-state index in [4.69, 9.17) is 20.9 Å². The van der Waals surface area contributed by atoms with E-state index >= 15 is 0 Å². The van der Waals surface area contributed by atoms with E-state index in [-0.39, 0.29) is 17.9 Å². The Morgan fingerprint density at radius 1 is 1.34 bits per heavy atom. The number of carbonyl (C=O) groups excluding carboxylic acids is 1. The van der Waals surface area contributed by atoms with Gasteiger partial charge in [-0.15, -0.1) is 0 Å². The molecule has 3 aromatic heterocycles. The fraction of sp³-hybridized carbons (Fsp3) is 0.304. The molecular formula is C23H23N7O5. The van der Waals surface area contributed by atoms with Crippen molar-refractivity contribution in [1.82, 2.24) is 19.6 Å². The molecule has 35 heavy (non-hydrogen) atoms. The van der Waals surface area contributed by atoms with Crippen LogP contribution in [0.3, 0.4) is 0 Å². The van der Waals surface area contributed by atoms with E-state index in [1.54, 1.807) is 12.3 Å². The number of carbonyl (C=O) groups is 1. The van der Waals surface area contributed by atoms with Crippen LogP contribution in [0.5, 0.6) is 0 Å². The summed E-state index contributed by atoms with van der Waals surface area (Å²) in [7, 11) is 0. The fourth-order valence-electron chi connectivity index (χ4n) is 4.44. The second-order valence-electron chi connectivity index (χ2n) is 8.40. The summed E-state index contributed by atoms with van der Waals surface area (Å²) in [6.45, 7) is -0.414. The van der Waals surface area contributed by atoms with Crippen LogP contribution >= 0.6 is 0 Å². The number of ether oxygens (including phenoxy) is 2. The van der Waals surface area contributed by atoms with E-state index in [0.717, 1.165) is 16.5 Å². The highest BCUT2D eigenvalue weighted by molar-refractivity contribution is 5.84. The van der Waals surface area contributed by atoms with Crippen molar-refractivity contribution in [3.8, 4) is 6.07 Å². The second kappa shape index (κ2) is 8.64. The Hall–Kier alpha value is -4.02. The Labute approximate surface area is 198 Å². The van der Waals surface area contributed by atoms with Crippen LogP contribution in [0.4, 0.5) is 5.82 Å². The average Bonchev–Trinajstić information content (AvgIpc) is 3.55. The summed E-state index contributed by atoms with van der Waals surface area (Å²) in [6, 6.07) is 11.7. The van der Waals surface area contributed by atoms with Gasteiger partial charge in [-0.05, 0) is 23.8 Å². The molecule has 1 aromatic carbocycles. The Kier molecular flexibility index (Phi) is 5.62. The largest absolute Gasteiger partial charge is 0.462 e. The molecule has 1 aliphatic heterocycles. The van der Waals surface area contributed by atoms with Gasteiger partial charge < -0.3 is 36.1 Å². The number of anilines is 1. The SMILES string of the molecule is N#C[C@@]1(c2ccc3c(N)ncnn23)O[C@H](COC(=O)[C@@H](N)Cc2c[nH]c3ccccc23)[C@@H](O)[C@H]1O. The van der Waals surface area contributed by atoms with E-state index in [1.807, 2.05) is 30.3 Å². The topological polar surface area (TPSA) is 198 Å². The monoisotopic (exact) mass is 477 g/mol. The molecule has 0 bridgehead atoms. The number of aliphatic hydroxyl groups is 2. The van der Waals surface area contributed by atoms with Crippen LogP contribution in [-0.4, -0.2) is 66.7 Å². The molecule has 12 heteroatoms. The van der Waals surface area contributed by atoms with Crippen LogP contribution in [0.2, 0.25) is 0 Å². The molecule has 7 N–H and O–H groups in total. The molecule has 5 rings (SSSR count). The Balaban J connectivity index is 1.30. The van der Waals surface area contributed by atoms with Gasteiger partial charge in [0.2, 0.25) is 5.60 Å². The van der Waals surface area contributed by atoms with Crippen molar-refractivity contribution >= 4 is 28.2 Å². The molecule has 180 valence electrons. The number of esters is 1. The van der Waals surface area contributed by atoms with Gasteiger partial charge in [0.15, 0.2) is 5.82 Å². The molecule has 4 aromatic rings. The van der Waals surface area contributed by atoms with Gasteiger partial charge >= 0.3 is 5.97 Å². The number of nitriles is 1. The molecule has 1 fully saturated rings. The highest BCUT2D eigenvalue weighted by atomic mass is 16.6. The third kappa shape index (κ3) is 3.67. The minimum absolute atomic E-state index is 0.153. The lowest BCUT2D eigenvalue weighted by Gasteiger charge is -2.24. The first-order chi connectivity index (χ1) is 16.9. The molecule has 12 nitrogen and oxygen atoms in total. The first-order valence-corrected chi connectivity index (χ1v) is 10.9. The van der Waals surface area contributed by atoms with E-state index in [0.29, 0.717) is 5.52 Å². The number of hydrogen-bond acceptors (Lipinski definition) is 10. The highest BCUT2D eigenvalue weighted by Crippen LogP contribution is 2.40. The predicted molar refractivity (Wildman–Crippen MR) is 123 cm³/mol. The minimum Gasteiger partial charge on any atom is -0.462 e.